The fraction of sp³-hybridized carbons (Fsp3) is 0.500. The summed E-state index contributed by atoms with van der Waals surface area (Å²) >= 11 is 0. The van der Waals surface area contributed by atoms with Crippen LogP contribution in [0.2, 0.25) is 0 Å². The van der Waals surface area contributed by atoms with Gasteiger partial charge in [0.25, 0.3) is 0 Å². The van der Waals surface area contributed by atoms with Crippen LogP contribution in [0.15, 0.2) is 47.5 Å². The number of aromatic nitrogens is 1. The number of hydrogen-bond acceptors (Lipinski definition) is 5. The molecule has 26 heavy (non-hydrogen) atoms. The van der Waals surface area contributed by atoms with Gasteiger partial charge in [-0.3, -0.25) is 19.6 Å². The van der Waals surface area contributed by atoms with Gasteiger partial charge in [0.1, 0.15) is 0 Å². The second-order valence-electron chi connectivity index (χ2n) is 7.66. The Morgan fingerprint density at radius 3 is 2.85 bits per heavy atom. The zero-order chi connectivity index (χ0) is 18.0. The molecule has 6 nitrogen and oxygen atoms in total. The molecule has 0 aliphatic carbocycles. The van der Waals surface area contributed by atoms with Crippen molar-refractivity contribution in [2.45, 2.75) is 25.9 Å². The van der Waals surface area contributed by atoms with Crippen LogP contribution in [0.25, 0.3) is 0 Å². The van der Waals surface area contributed by atoms with Gasteiger partial charge in [-0.05, 0) is 37.1 Å². The second kappa shape index (κ2) is 7.21. The molecule has 0 unspecified atom stereocenters. The van der Waals surface area contributed by atoms with E-state index in [1.54, 1.807) is 18.7 Å². The van der Waals surface area contributed by atoms with Gasteiger partial charge < -0.3 is 9.52 Å². The SMILES string of the molecule is O=C(O)[C@]12CCCN(Cc3cccnc3)C[C@H]1CN(Cc1ccoc1)C2. The summed E-state index contributed by atoms with van der Waals surface area (Å²) in [5.41, 5.74) is 1.66. The van der Waals surface area contributed by atoms with E-state index in [1.807, 2.05) is 18.3 Å². The van der Waals surface area contributed by atoms with Crippen molar-refractivity contribution in [3.63, 3.8) is 0 Å². The van der Waals surface area contributed by atoms with Crippen molar-refractivity contribution in [3.8, 4) is 0 Å². The molecule has 2 saturated heterocycles. The summed E-state index contributed by atoms with van der Waals surface area (Å²) in [6.07, 6.45) is 8.77. The highest BCUT2D eigenvalue weighted by atomic mass is 16.4. The van der Waals surface area contributed by atoms with Gasteiger partial charge >= 0.3 is 5.97 Å². The highest BCUT2D eigenvalue weighted by molar-refractivity contribution is 5.76. The molecule has 0 amide bonds. The summed E-state index contributed by atoms with van der Waals surface area (Å²) in [6, 6.07) is 6.00. The van der Waals surface area contributed by atoms with Gasteiger partial charge in [-0.1, -0.05) is 6.07 Å². The quantitative estimate of drug-likeness (QED) is 0.889. The molecular weight excluding hydrogens is 330 g/mol. The number of carbonyl (C=O) groups is 1. The molecular formula is C20H25N3O3. The Balaban J connectivity index is 1.50. The van der Waals surface area contributed by atoms with Crippen LogP contribution in [-0.4, -0.2) is 52.0 Å². The first kappa shape index (κ1) is 17.2. The van der Waals surface area contributed by atoms with E-state index < -0.39 is 11.4 Å². The van der Waals surface area contributed by atoms with Crippen LogP contribution in [0.1, 0.15) is 24.0 Å². The van der Waals surface area contributed by atoms with E-state index in [-0.39, 0.29) is 5.92 Å². The van der Waals surface area contributed by atoms with Crippen molar-refractivity contribution < 1.29 is 14.3 Å². The zero-order valence-electron chi connectivity index (χ0n) is 14.9. The number of furan rings is 1. The number of aliphatic carboxylic acids is 1. The maximum Gasteiger partial charge on any atom is 0.311 e. The highest BCUT2D eigenvalue weighted by Crippen LogP contribution is 2.43. The van der Waals surface area contributed by atoms with E-state index in [9.17, 15) is 9.90 Å². The molecule has 4 rings (SSSR count). The number of pyridine rings is 1. The molecule has 2 fully saturated rings. The van der Waals surface area contributed by atoms with Gasteiger partial charge in [0, 0.05) is 56.6 Å². The molecule has 2 aromatic heterocycles. The Labute approximate surface area is 153 Å². The normalized spacial score (nSPS) is 27.2. The molecule has 0 bridgehead atoms. The Morgan fingerprint density at radius 1 is 1.27 bits per heavy atom. The van der Waals surface area contributed by atoms with Gasteiger partial charge in [0.15, 0.2) is 0 Å². The molecule has 2 aromatic rings. The average Bonchev–Trinajstić information content (AvgIpc) is 3.21. The Bertz CT molecular complexity index is 734. The van der Waals surface area contributed by atoms with Crippen LogP contribution in [-0.2, 0) is 17.9 Å². The van der Waals surface area contributed by atoms with E-state index in [4.69, 9.17) is 4.42 Å². The number of hydrogen-bond donors (Lipinski definition) is 1. The highest BCUT2D eigenvalue weighted by Gasteiger charge is 2.53. The molecule has 2 aliphatic heterocycles. The minimum Gasteiger partial charge on any atom is -0.481 e. The van der Waals surface area contributed by atoms with Crippen LogP contribution >= 0.6 is 0 Å². The van der Waals surface area contributed by atoms with Crippen molar-refractivity contribution in [2.24, 2.45) is 11.3 Å². The number of carboxylic acids is 1. The first-order chi connectivity index (χ1) is 12.7. The molecule has 0 spiro atoms. The monoisotopic (exact) mass is 355 g/mol. The Kier molecular flexibility index (Phi) is 4.78. The standard InChI is InChI=1S/C20H25N3O3/c24-19(25)20-5-2-7-22(10-16-3-1-6-21-9-16)12-18(20)13-23(15-20)11-17-4-8-26-14-17/h1,3-4,6,8-9,14,18H,2,5,7,10-13,15H2,(H,24,25)/t18-,20-/m0/s1. The summed E-state index contributed by atoms with van der Waals surface area (Å²) in [7, 11) is 0. The van der Waals surface area contributed by atoms with E-state index >= 15 is 0 Å². The third kappa shape index (κ3) is 3.39. The number of fused-ring (bicyclic) bond motifs is 1. The lowest BCUT2D eigenvalue weighted by molar-refractivity contribution is -0.151. The third-order valence-electron chi connectivity index (χ3n) is 5.88. The largest absolute Gasteiger partial charge is 0.481 e. The maximum absolute atomic E-state index is 12.2. The topological polar surface area (TPSA) is 69.8 Å². The molecule has 4 heterocycles. The lowest BCUT2D eigenvalue weighted by Crippen LogP contribution is -2.41. The summed E-state index contributed by atoms with van der Waals surface area (Å²) in [4.78, 5) is 21.1. The molecule has 2 aliphatic rings. The van der Waals surface area contributed by atoms with Crippen LogP contribution in [0, 0.1) is 11.3 Å². The predicted octanol–water partition coefficient (Wildman–Crippen LogP) is 2.47. The smallest absolute Gasteiger partial charge is 0.311 e. The molecule has 0 aromatic carbocycles. The Hall–Kier alpha value is -2.18. The van der Waals surface area contributed by atoms with Gasteiger partial charge in [0.2, 0.25) is 0 Å². The first-order valence-electron chi connectivity index (χ1n) is 9.24. The molecule has 6 heteroatoms. The molecule has 138 valence electrons. The molecule has 2 atom stereocenters. The minimum absolute atomic E-state index is 0.145. The number of rotatable bonds is 5. The number of nitrogens with zero attached hydrogens (tertiary/aromatic N) is 3. The summed E-state index contributed by atoms with van der Waals surface area (Å²) in [5.74, 6) is -0.494. The Morgan fingerprint density at radius 2 is 2.12 bits per heavy atom. The van der Waals surface area contributed by atoms with Crippen molar-refractivity contribution in [1.82, 2.24) is 14.8 Å². The van der Waals surface area contributed by atoms with Crippen molar-refractivity contribution >= 4 is 5.97 Å². The second-order valence-corrected chi connectivity index (χ2v) is 7.66. The fourth-order valence-corrected chi connectivity index (χ4v) is 4.62. The molecule has 1 N–H and O–H groups in total. The third-order valence-corrected chi connectivity index (χ3v) is 5.88. The van der Waals surface area contributed by atoms with Gasteiger partial charge in [-0.2, -0.15) is 0 Å². The number of likely N-dealkylation sites (tertiary alicyclic amines) is 2. The fourth-order valence-electron chi connectivity index (χ4n) is 4.62. The van der Waals surface area contributed by atoms with Crippen LogP contribution in [0.5, 0.6) is 0 Å². The lowest BCUT2D eigenvalue weighted by atomic mass is 9.75. The van der Waals surface area contributed by atoms with E-state index in [0.717, 1.165) is 51.1 Å². The summed E-state index contributed by atoms with van der Waals surface area (Å²) < 4.78 is 5.16. The van der Waals surface area contributed by atoms with Crippen molar-refractivity contribution in [2.75, 3.05) is 26.2 Å². The molecule has 0 radical (unpaired) electrons. The van der Waals surface area contributed by atoms with Crippen molar-refractivity contribution in [1.29, 1.82) is 0 Å². The summed E-state index contributed by atoms with van der Waals surface area (Å²) in [6.45, 7) is 4.80. The minimum atomic E-state index is -0.638. The lowest BCUT2D eigenvalue weighted by Gasteiger charge is -2.29. The van der Waals surface area contributed by atoms with Gasteiger partial charge in [-0.15, -0.1) is 0 Å². The zero-order valence-corrected chi connectivity index (χ0v) is 14.9. The predicted molar refractivity (Wildman–Crippen MR) is 96.3 cm³/mol. The van der Waals surface area contributed by atoms with Crippen LogP contribution in [0.4, 0.5) is 0 Å². The van der Waals surface area contributed by atoms with Gasteiger partial charge in [-0.25, -0.2) is 0 Å². The average molecular weight is 355 g/mol. The maximum atomic E-state index is 12.2. The summed E-state index contributed by atoms with van der Waals surface area (Å²) in [5, 5.41) is 10.1. The molecule has 0 saturated carbocycles. The van der Waals surface area contributed by atoms with E-state index in [2.05, 4.69) is 20.9 Å². The number of carboxylic acid groups (broad SMARTS) is 1. The van der Waals surface area contributed by atoms with E-state index in [1.165, 1.54) is 5.56 Å². The first-order valence-corrected chi connectivity index (χ1v) is 9.24. The van der Waals surface area contributed by atoms with Crippen molar-refractivity contribution in [3.05, 3.63) is 54.2 Å². The van der Waals surface area contributed by atoms with Gasteiger partial charge in [0.05, 0.1) is 17.9 Å². The van der Waals surface area contributed by atoms with Crippen LogP contribution < -0.4 is 0 Å². The van der Waals surface area contributed by atoms with E-state index in [0.29, 0.717) is 6.54 Å². The van der Waals surface area contributed by atoms with Crippen LogP contribution in [0.3, 0.4) is 0 Å².